The van der Waals surface area contributed by atoms with Crippen molar-refractivity contribution in [1.29, 1.82) is 0 Å². The van der Waals surface area contributed by atoms with E-state index >= 15 is 0 Å². The fourth-order valence-electron chi connectivity index (χ4n) is 2.41. The summed E-state index contributed by atoms with van der Waals surface area (Å²) in [5.74, 6) is 0. The smallest absolute Gasteiger partial charge is 0.294 e. The highest BCUT2D eigenvalue weighted by Crippen LogP contribution is 2.35. The van der Waals surface area contributed by atoms with Crippen LogP contribution in [0.4, 0.5) is 5.69 Å². The fourth-order valence-corrected chi connectivity index (χ4v) is 2.90. The summed E-state index contributed by atoms with van der Waals surface area (Å²) in [4.78, 5) is 10.7. The standard InChI is InChI=1S/C12H12BrN3O3/c13-9-4-5-10-8(12(9)16(17)18)7-14-15(10)11-3-1-2-6-19-11/h4-5,7,11H,1-3,6H2. The van der Waals surface area contributed by atoms with Crippen molar-refractivity contribution in [1.82, 2.24) is 9.78 Å². The van der Waals surface area contributed by atoms with Gasteiger partial charge < -0.3 is 4.74 Å². The molecule has 1 fully saturated rings. The molecule has 0 radical (unpaired) electrons. The quantitative estimate of drug-likeness (QED) is 0.626. The number of nitrogens with zero attached hydrogens (tertiary/aromatic N) is 3. The summed E-state index contributed by atoms with van der Waals surface area (Å²) in [5.41, 5.74) is 0.793. The maximum Gasteiger partial charge on any atom is 0.294 e. The van der Waals surface area contributed by atoms with Crippen LogP contribution in [-0.4, -0.2) is 21.3 Å². The summed E-state index contributed by atoms with van der Waals surface area (Å²) in [6, 6.07) is 3.51. The van der Waals surface area contributed by atoms with Crippen molar-refractivity contribution < 1.29 is 9.66 Å². The number of rotatable bonds is 2. The lowest BCUT2D eigenvalue weighted by atomic mass is 10.2. The number of fused-ring (bicyclic) bond motifs is 1. The number of nitro groups is 1. The van der Waals surface area contributed by atoms with Crippen molar-refractivity contribution in [2.24, 2.45) is 0 Å². The van der Waals surface area contributed by atoms with E-state index in [2.05, 4.69) is 21.0 Å². The molecule has 0 saturated carbocycles. The molecule has 1 aliphatic rings. The molecule has 1 atom stereocenters. The minimum Gasteiger partial charge on any atom is -0.356 e. The Bertz CT molecular complexity index is 634. The van der Waals surface area contributed by atoms with Crippen molar-refractivity contribution in [3.8, 4) is 0 Å². The molecule has 6 nitrogen and oxygen atoms in total. The van der Waals surface area contributed by atoms with Crippen molar-refractivity contribution in [3.63, 3.8) is 0 Å². The van der Waals surface area contributed by atoms with E-state index in [9.17, 15) is 10.1 Å². The molecule has 1 unspecified atom stereocenters. The van der Waals surface area contributed by atoms with Gasteiger partial charge in [0.1, 0.15) is 0 Å². The molecule has 100 valence electrons. The molecule has 1 aromatic carbocycles. The van der Waals surface area contributed by atoms with Crippen LogP contribution in [0, 0.1) is 10.1 Å². The average molecular weight is 326 g/mol. The van der Waals surface area contributed by atoms with Crippen LogP contribution in [0.15, 0.2) is 22.8 Å². The summed E-state index contributed by atoms with van der Waals surface area (Å²) >= 11 is 3.21. The topological polar surface area (TPSA) is 70.2 Å². The number of halogens is 1. The van der Waals surface area contributed by atoms with E-state index in [1.54, 1.807) is 10.7 Å². The largest absolute Gasteiger partial charge is 0.356 e. The third-order valence-corrected chi connectivity index (χ3v) is 3.95. The highest BCUT2D eigenvalue weighted by atomic mass is 79.9. The number of hydrogen-bond acceptors (Lipinski definition) is 4. The molecule has 7 heteroatoms. The van der Waals surface area contributed by atoms with Gasteiger partial charge in [0, 0.05) is 6.61 Å². The van der Waals surface area contributed by atoms with Crippen molar-refractivity contribution in [2.75, 3.05) is 6.61 Å². The second-order valence-electron chi connectivity index (χ2n) is 4.50. The summed E-state index contributed by atoms with van der Waals surface area (Å²) in [5, 5.41) is 15.9. The summed E-state index contributed by atoms with van der Waals surface area (Å²) < 4.78 is 7.89. The molecule has 0 bridgehead atoms. The number of nitro benzene ring substituents is 1. The van der Waals surface area contributed by atoms with Crippen LogP contribution in [0.25, 0.3) is 10.9 Å². The van der Waals surface area contributed by atoms with Crippen molar-refractivity contribution in [3.05, 3.63) is 32.9 Å². The van der Waals surface area contributed by atoms with E-state index in [1.165, 1.54) is 6.20 Å². The third kappa shape index (κ3) is 2.12. The maximum atomic E-state index is 11.1. The Morgan fingerprint density at radius 1 is 1.47 bits per heavy atom. The van der Waals surface area contributed by atoms with E-state index < -0.39 is 0 Å². The van der Waals surface area contributed by atoms with Gasteiger partial charge in [-0.25, -0.2) is 4.68 Å². The van der Waals surface area contributed by atoms with Crippen molar-refractivity contribution in [2.45, 2.75) is 25.5 Å². The Morgan fingerprint density at radius 3 is 3.00 bits per heavy atom. The summed E-state index contributed by atoms with van der Waals surface area (Å²) in [7, 11) is 0. The van der Waals surface area contributed by atoms with Gasteiger partial charge >= 0.3 is 0 Å². The zero-order valence-electron chi connectivity index (χ0n) is 10.1. The van der Waals surface area contributed by atoms with Crippen LogP contribution in [-0.2, 0) is 4.74 Å². The zero-order valence-corrected chi connectivity index (χ0v) is 11.7. The number of ether oxygens (including phenoxy) is 1. The van der Waals surface area contributed by atoms with Gasteiger partial charge in [-0.05, 0) is 47.3 Å². The number of benzene rings is 1. The molecular weight excluding hydrogens is 314 g/mol. The van der Waals surface area contributed by atoms with Crippen LogP contribution in [0.5, 0.6) is 0 Å². The highest BCUT2D eigenvalue weighted by molar-refractivity contribution is 9.10. The minimum absolute atomic E-state index is 0.0551. The molecule has 0 N–H and O–H groups in total. The summed E-state index contributed by atoms with van der Waals surface area (Å²) in [6.07, 6.45) is 4.45. The van der Waals surface area contributed by atoms with Gasteiger partial charge in [0.05, 0.1) is 26.5 Å². The molecule has 1 saturated heterocycles. The maximum absolute atomic E-state index is 11.1. The molecule has 1 aromatic heterocycles. The predicted molar refractivity (Wildman–Crippen MR) is 72.9 cm³/mol. The molecule has 2 aromatic rings. The van der Waals surface area contributed by atoms with E-state index in [4.69, 9.17) is 4.74 Å². The Balaban J connectivity index is 2.13. The molecule has 19 heavy (non-hydrogen) atoms. The second-order valence-corrected chi connectivity index (χ2v) is 5.35. The van der Waals surface area contributed by atoms with E-state index in [1.807, 2.05) is 6.07 Å². The van der Waals surface area contributed by atoms with Gasteiger partial charge in [-0.2, -0.15) is 5.10 Å². The summed E-state index contributed by atoms with van der Waals surface area (Å²) in [6.45, 7) is 0.713. The van der Waals surface area contributed by atoms with E-state index in [0.29, 0.717) is 16.5 Å². The molecule has 1 aliphatic heterocycles. The normalized spacial score (nSPS) is 19.7. The molecule has 3 rings (SSSR count). The number of aromatic nitrogens is 2. The fraction of sp³-hybridized carbons (Fsp3) is 0.417. The Hall–Kier alpha value is -1.47. The Labute approximate surface area is 117 Å². The first-order valence-corrected chi connectivity index (χ1v) is 6.89. The van der Waals surface area contributed by atoms with E-state index in [-0.39, 0.29) is 16.8 Å². The lowest BCUT2D eigenvalue weighted by molar-refractivity contribution is -0.383. The number of hydrogen-bond donors (Lipinski definition) is 0. The van der Waals surface area contributed by atoms with Gasteiger partial charge in [-0.15, -0.1) is 0 Å². The lowest BCUT2D eigenvalue weighted by Gasteiger charge is -2.23. The van der Waals surface area contributed by atoms with Gasteiger partial charge in [0.25, 0.3) is 5.69 Å². The molecule has 0 aliphatic carbocycles. The van der Waals surface area contributed by atoms with Crippen LogP contribution in [0.3, 0.4) is 0 Å². The minimum atomic E-state index is -0.389. The van der Waals surface area contributed by atoms with Crippen LogP contribution in [0.2, 0.25) is 0 Å². The first-order valence-electron chi connectivity index (χ1n) is 6.10. The molecule has 2 heterocycles. The Morgan fingerprint density at radius 2 is 2.32 bits per heavy atom. The predicted octanol–water partition coefficient (Wildman–Crippen LogP) is 3.41. The first-order chi connectivity index (χ1) is 9.18. The Kier molecular flexibility index (Phi) is 3.24. The third-order valence-electron chi connectivity index (χ3n) is 3.31. The van der Waals surface area contributed by atoms with Gasteiger partial charge in [-0.3, -0.25) is 10.1 Å². The van der Waals surface area contributed by atoms with Crippen LogP contribution < -0.4 is 0 Å². The van der Waals surface area contributed by atoms with Crippen molar-refractivity contribution >= 4 is 32.5 Å². The SMILES string of the molecule is O=[N+]([O-])c1c(Br)ccc2c1cnn2C1CCCCO1. The van der Waals surface area contributed by atoms with E-state index in [0.717, 1.165) is 24.8 Å². The van der Waals surface area contributed by atoms with Crippen LogP contribution >= 0.6 is 15.9 Å². The lowest BCUT2D eigenvalue weighted by Crippen LogP contribution is -2.18. The van der Waals surface area contributed by atoms with Gasteiger partial charge in [-0.1, -0.05) is 0 Å². The highest BCUT2D eigenvalue weighted by Gasteiger charge is 2.23. The first kappa shape index (κ1) is 12.6. The average Bonchev–Trinajstić information content (AvgIpc) is 2.82. The zero-order chi connectivity index (χ0) is 13.4. The molecular formula is C12H12BrN3O3. The van der Waals surface area contributed by atoms with Gasteiger partial charge in [0.2, 0.25) is 0 Å². The van der Waals surface area contributed by atoms with Crippen LogP contribution in [0.1, 0.15) is 25.5 Å². The molecule has 0 amide bonds. The van der Waals surface area contributed by atoms with Gasteiger partial charge in [0.15, 0.2) is 6.23 Å². The monoisotopic (exact) mass is 325 g/mol. The second kappa shape index (κ2) is 4.90. The molecule has 0 spiro atoms.